The zero-order valence-electron chi connectivity index (χ0n) is 13.6. The normalized spacial score (nSPS) is 18.2. The fourth-order valence-corrected chi connectivity index (χ4v) is 2.79. The Kier molecular flexibility index (Phi) is 4.93. The van der Waals surface area contributed by atoms with Gasteiger partial charge in [0.15, 0.2) is 12.2 Å². The molecule has 1 saturated heterocycles. The van der Waals surface area contributed by atoms with Gasteiger partial charge in [-0.05, 0) is 30.9 Å². The number of nitrogens with zero attached hydrogens (tertiary/aromatic N) is 2. The van der Waals surface area contributed by atoms with Gasteiger partial charge in [0, 0.05) is 25.2 Å². The Morgan fingerprint density at radius 2 is 2.25 bits per heavy atom. The molecule has 1 aromatic carbocycles. The van der Waals surface area contributed by atoms with Crippen molar-refractivity contribution in [3.63, 3.8) is 0 Å². The summed E-state index contributed by atoms with van der Waals surface area (Å²) in [5.74, 6) is 0.0858. The van der Waals surface area contributed by atoms with E-state index in [-0.39, 0.29) is 12.5 Å². The third-order valence-corrected chi connectivity index (χ3v) is 4.02. The second kappa shape index (κ2) is 7.29. The van der Waals surface area contributed by atoms with Crippen molar-refractivity contribution in [1.82, 2.24) is 9.88 Å². The molecule has 0 spiro atoms. The summed E-state index contributed by atoms with van der Waals surface area (Å²) in [4.78, 5) is 29.7. The van der Waals surface area contributed by atoms with E-state index in [0.29, 0.717) is 17.4 Å². The Bertz CT molecular complexity index is 732. The van der Waals surface area contributed by atoms with Gasteiger partial charge in [-0.15, -0.1) is 0 Å². The number of piperidine rings is 1. The summed E-state index contributed by atoms with van der Waals surface area (Å²) < 4.78 is 10.5. The molecular weight excluding hydrogens is 308 g/mol. The molecule has 0 saturated carbocycles. The molecule has 1 aromatic heterocycles. The number of para-hydroxylation sites is 2. The van der Waals surface area contributed by atoms with Crippen LogP contribution < -0.4 is 0 Å². The van der Waals surface area contributed by atoms with Crippen molar-refractivity contribution >= 4 is 29.1 Å². The molecule has 2 aromatic rings. The van der Waals surface area contributed by atoms with Gasteiger partial charge in [0.2, 0.25) is 5.89 Å². The van der Waals surface area contributed by atoms with Crippen LogP contribution in [0.2, 0.25) is 0 Å². The van der Waals surface area contributed by atoms with E-state index in [4.69, 9.17) is 9.15 Å². The van der Waals surface area contributed by atoms with Crippen molar-refractivity contribution < 1.29 is 18.7 Å². The molecule has 1 fully saturated rings. The second-order valence-corrected chi connectivity index (χ2v) is 6.05. The molecule has 1 amide bonds. The fourth-order valence-electron chi connectivity index (χ4n) is 2.79. The predicted octanol–water partition coefficient (Wildman–Crippen LogP) is 2.64. The third kappa shape index (κ3) is 4.01. The molecule has 6 nitrogen and oxygen atoms in total. The van der Waals surface area contributed by atoms with E-state index >= 15 is 0 Å². The molecule has 3 rings (SSSR count). The van der Waals surface area contributed by atoms with Crippen molar-refractivity contribution in [1.29, 1.82) is 0 Å². The van der Waals surface area contributed by atoms with Crippen LogP contribution >= 0.6 is 0 Å². The maximum Gasteiger partial charge on any atom is 0.331 e. The van der Waals surface area contributed by atoms with Crippen LogP contribution in [0.4, 0.5) is 0 Å². The van der Waals surface area contributed by atoms with Gasteiger partial charge in [-0.2, -0.15) is 0 Å². The molecule has 0 unspecified atom stereocenters. The third-order valence-electron chi connectivity index (χ3n) is 4.02. The Morgan fingerprint density at radius 3 is 3.04 bits per heavy atom. The van der Waals surface area contributed by atoms with Gasteiger partial charge in [0.1, 0.15) is 5.52 Å². The van der Waals surface area contributed by atoms with Crippen molar-refractivity contribution in [2.75, 3.05) is 19.7 Å². The summed E-state index contributed by atoms with van der Waals surface area (Å²) >= 11 is 0. The quantitative estimate of drug-likeness (QED) is 0.637. The smallest absolute Gasteiger partial charge is 0.331 e. The number of esters is 1. The van der Waals surface area contributed by atoms with Crippen molar-refractivity contribution in [3.8, 4) is 0 Å². The molecule has 24 heavy (non-hydrogen) atoms. The van der Waals surface area contributed by atoms with Gasteiger partial charge < -0.3 is 14.1 Å². The van der Waals surface area contributed by atoms with Gasteiger partial charge in [-0.1, -0.05) is 19.1 Å². The molecule has 0 radical (unpaired) electrons. The SMILES string of the molecule is C[C@@H]1CCCN(C(=O)COC(=O)/C=C/c2nc3ccccc3o2)C1. The van der Waals surface area contributed by atoms with Crippen LogP contribution in [0.3, 0.4) is 0 Å². The number of carbonyl (C=O) groups is 2. The van der Waals surface area contributed by atoms with E-state index in [1.807, 2.05) is 18.2 Å². The van der Waals surface area contributed by atoms with E-state index in [1.54, 1.807) is 11.0 Å². The number of oxazole rings is 1. The van der Waals surface area contributed by atoms with Crippen LogP contribution in [0.5, 0.6) is 0 Å². The molecule has 2 heterocycles. The van der Waals surface area contributed by atoms with Crippen LogP contribution in [0.1, 0.15) is 25.7 Å². The Labute approximate surface area is 140 Å². The number of carbonyl (C=O) groups excluding carboxylic acids is 2. The summed E-state index contributed by atoms with van der Waals surface area (Å²) in [6.07, 6.45) is 4.79. The number of aromatic nitrogens is 1. The molecule has 1 atom stereocenters. The Hall–Kier alpha value is -2.63. The molecule has 0 aliphatic carbocycles. The zero-order chi connectivity index (χ0) is 16.9. The van der Waals surface area contributed by atoms with E-state index in [2.05, 4.69) is 11.9 Å². The minimum atomic E-state index is -0.587. The molecule has 0 N–H and O–H groups in total. The summed E-state index contributed by atoms with van der Waals surface area (Å²) in [6.45, 7) is 3.35. The number of likely N-dealkylation sites (tertiary alicyclic amines) is 1. The minimum Gasteiger partial charge on any atom is -0.452 e. The van der Waals surface area contributed by atoms with Gasteiger partial charge in [-0.25, -0.2) is 9.78 Å². The first kappa shape index (κ1) is 16.2. The zero-order valence-corrected chi connectivity index (χ0v) is 13.6. The molecule has 1 aliphatic rings. The number of hydrogen-bond acceptors (Lipinski definition) is 5. The van der Waals surface area contributed by atoms with Gasteiger partial charge >= 0.3 is 5.97 Å². The lowest BCUT2D eigenvalue weighted by atomic mass is 10.0. The van der Waals surface area contributed by atoms with E-state index < -0.39 is 5.97 Å². The van der Waals surface area contributed by atoms with Gasteiger partial charge in [-0.3, -0.25) is 4.79 Å². The van der Waals surface area contributed by atoms with Crippen LogP contribution in [-0.2, 0) is 14.3 Å². The van der Waals surface area contributed by atoms with Crippen LogP contribution in [0, 0.1) is 5.92 Å². The largest absolute Gasteiger partial charge is 0.452 e. The molecule has 1 aliphatic heterocycles. The lowest BCUT2D eigenvalue weighted by Gasteiger charge is -2.30. The number of ether oxygens (including phenoxy) is 1. The van der Waals surface area contributed by atoms with Crippen molar-refractivity contribution in [3.05, 3.63) is 36.2 Å². The van der Waals surface area contributed by atoms with E-state index in [9.17, 15) is 9.59 Å². The van der Waals surface area contributed by atoms with Gasteiger partial charge in [0.05, 0.1) is 0 Å². The highest BCUT2D eigenvalue weighted by molar-refractivity contribution is 5.89. The summed E-state index contributed by atoms with van der Waals surface area (Å²) in [5.41, 5.74) is 1.37. The fraction of sp³-hybridized carbons (Fsp3) is 0.389. The predicted molar refractivity (Wildman–Crippen MR) is 89.0 cm³/mol. The summed E-state index contributed by atoms with van der Waals surface area (Å²) in [7, 11) is 0. The van der Waals surface area contributed by atoms with Crippen molar-refractivity contribution in [2.24, 2.45) is 5.92 Å². The highest BCUT2D eigenvalue weighted by Crippen LogP contribution is 2.16. The first-order chi connectivity index (χ1) is 11.6. The van der Waals surface area contributed by atoms with Crippen molar-refractivity contribution in [2.45, 2.75) is 19.8 Å². The first-order valence-electron chi connectivity index (χ1n) is 8.10. The average molecular weight is 328 g/mol. The Balaban J connectivity index is 1.50. The van der Waals surface area contributed by atoms with E-state index in [1.165, 1.54) is 12.2 Å². The summed E-state index contributed by atoms with van der Waals surface area (Å²) in [5, 5.41) is 0. The topological polar surface area (TPSA) is 72.6 Å². The number of rotatable bonds is 4. The average Bonchev–Trinajstić information content (AvgIpc) is 3.00. The van der Waals surface area contributed by atoms with Crippen LogP contribution in [0.25, 0.3) is 17.2 Å². The number of hydrogen-bond donors (Lipinski definition) is 0. The standard InChI is InChI=1S/C18H20N2O4/c1-13-5-4-10-20(11-13)17(21)12-23-18(22)9-8-16-19-14-6-2-3-7-15(14)24-16/h2-3,6-9,13H,4-5,10-12H2,1H3/b9-8+/t13-/m1/s1. The maximum atomic E-state index is 12.0. The van der Waals surface area contributed by atoms with E-state index in [0.717, 1.165) is 31.4 Å². The minimum absolute atomic E-state index is 0.148. The molecule has 6 heteroatoms. The van der Waals surface area contributed by atoms with Gasteiger partial charge in [0.25, 0.3) is 5.91 Å². The second-order valence-electron chi connectivity index (χ2n) is 6.05. The molecular formula is C18H20N2O4. The number of fused-ring (bicyclic) bond motifs is 1. The Morgan fingerprint density at radius 1 is 1.42 bits per heavy atom. The number of benzene rings is 1. The highest BCUT2D eigenvalue weighted by atomic mass is 16.5. The van der Waals surface area contributed by atoms with Crippen LogP contribution in [0.15, 0.2) is 34.8 Å². The molecule has 126 valence electrons. The monoisotopic (exact) mass is 328 g/mol. The summed E-state index contributed by atoms with van der Waals surface area (Å²) in [6, 6.07) is 7.34. The number of amides is 1. The van der Waals surface area contributed by atoms with Crippen LogP contribution in [-0.4, -0.2) is 41.5 Å². The maximum absolute atomic E-state index is 12.0. The highest BCUT2D eigenvalue weighted by Gasteiger charge is 2.21. The lowest BCUT2D eigenvalue weighted by molar-refractivity contribution is -0.149. The molecule has 0 bridgehead atoms. The first-order valence-corrected chi connectivity index (χ1v) is 8.10. The lowest BCUT2D eigenvalue weighted by Crippen LogP contribution is -2.41.